The van der Waals surface area contributed by atoms with Crippen molar-refractivity contribution in [3.05, 3.63) is 29.8 Å². The zero-order valence-electron chi connectivity index (χ0n) is 14.9. The lowest BCUT2D eigenvalue weighted by Crippen LogP contribution is -2.48. The molecule has 0 spiro atoms. The van der Waals surface area contributed by atoms with Gasteiger partial charge in [-0.2, -0.15) is 4.31 Å². The van der Waals surface area contributed by atoms with Crippen LogP contribution in [0.3, 0.4) is 0 Å². The van der Waals surface area contributed by atoms with Gasteiger partial charge in [0.15, 0.2) is 0 Å². The molecule has 1 saturated carbocycles. The van der Waals surface area contributed by atoms with E-state index in [0.29, 0.717) is 24.6 Å². The second-order valence-electron chi connectivity index (χ2n) is 7.20. The molecule has 2 fully saturated rings. The molecular formula is C18H26N2O4S. The van der Waals surface area contributed by atoms with Gasteiger partial charge in [0.2, 0.25) is 10.0 Å². The summed E-state index contributed by atoms with van der Waals surface area (Å²) < 4.78 is 32.7. The first kappa shape index (κ1) is 18.4. The van der Waals surface area contributed by atoms with E-state index >= 15 is 0 Å². The van der Waals surface area contributed by atoms with Crippen LogP contribution in [0.2, 0.25) is 0 Å². The van der Waals surface area contributed by atoms with Crippen LogP contribution >= 0.6 is 0 Å². The summed E-state index contributed by atoms with van der Waals surface area (Å²) in [7, 11) is -3.58. The van der Waals surface area contributed by atoms with Crippen LogP contribution in [0.4, 0.5) is 0 Å². The second-order valence-corrected chi connectivity index (χ2v) is 9.14. The first-order valence-electron chi connectivity index (χ1n) is 8.84. The van der Waals surface area contributed by atoms with E-state index < -0.39 is 10.0 Å². The zero-order valence-corrected chi connectivity index (χ0v) is 15.8. The molecule has 0 radical (unpaired) electrons. The number of rotatable bonds is 5. The quantitative estimate of drug-likeness (QED) is 0.865. The van der Waals surface area contributed by atoms with Crippen molar-refractivity contribution in [3.8, 4) is 0 Å². The van der Waals surface area contributed by atoms with E-state index in [-0.39, 0.29) is 29.1 Å². The first-order chi connectivity index (χ1) is 11.8. The molecule has 0 unspecified atom stereocenters. The molecule has 1 saturated heterocycles. The van der Waals surface area contributed by atoms with Gasteiger partial charge in [-0.15, -0.1) is 0 Å². The van der Waals surface area contributed by atoms with Crippen molar-refractivity contribution in [1.82, 2.24) is 9.62 Å². The first-order valence-corrected chi connectivity index (χ1v) is 10.3. The predicted molar refractivity (Wildman–Crippen MR) is 94.9 cm³/mol. The predicted octanol–water partition coefficient (Wildman–Crippen LogP) is 2.01. The van der Waals surface area contributed by atoms with Crippen molar-refractivity contribution >= 4 is 15.9 Å². The zero-order chi connectivity index (χ0) is 18.2. The smallest absolute Gasteiger partial charge is 0.251 e. The summed E-state index contributed by atoms with van der Waals surface area (Å²) in [6, 6.07) is 6.34. The average Bonchev–Trinajstić information content (AvgIpc) is 3.39. The molecule has 138 valence electrons. The minimum atomic E-state index is -3.58. The summed E-state index contributed by atoms with van der Waals surface area (Å²) in [6.07, 6.45) is 2.06. The van der Waals surface area contributed by atoms with Gasteiger partial charge in [-0.1, -0.05) is 0 Å². The van der Waals surface area contributed by atoms with Crippen molar-refractivity contribution in [1.29, 1.82) is 0 Å². The highest BCUT2D eigenvalue weighted by Gasteiger charge is 2.32. The van der Waals surface area contributed by atoms with Crippen LogP contribution in [0.25, 0.3) is 0 Å². The van der Waals surface area contributed by atoms with Crippen molar-refractivity contribution in [2.24, 2.45) is 5.92 Å². The van der Waals surface area contributed by atoms with Gasteiger partial charge in [0.25, 0.3) is 5.91 Å². The molecule has 25 heavy (non-hydrogen) atoms. The average molecular weight is 366 g/mol. The van der Waals surface area contributed by atoms with Crippen LogP contribution in [-0.2, 0) is 14.8 Å². The minimum Gasteiger partial charge on any atom is -0.373 e. The number of carbonyl (C=O) groups is 1. The Hall–Kier alpha value is -1.44. The standard InChI is InChI=1S/C18H26N2O4S/c1-12-10-20(11-13(2)24-12)25(22,23)17-8-6-16(7-9-17)18(21)19-14(3)15-4-5-15/h6-9,12-15H,4-5,10-11H2,1-3H3,(H,19,21)/t12-,13-,14+/m1/s1. The summed E-state index contributed by atoms with van der Waals surface area (Å²) in [6.45, 7) is 6.43. The van der Waals surface area contributed by atoms with Crippen LogP contribution in [0.5, 0.6) is 0 Å². The molecule has 2 aliphatic rings. The maximum atomic E-state index is 12.8. The number of carbonyl (C=O) groups excluding carboxylic acids is 1. The van der Waals surface area contributed by atoms with E-state index in [0.717, 1.165) is 12.8 Å². The molecule has 3 rings (SSSR count). The van der Waals surface area contributed by atoms with Gasteiger partial charge in [0.1, 0.15) is 0 Å². The van der Waals surface area contributed by atoms with E-state index in [2.05, 4.69) is 5.32 Å². The summed E-state index contributed by atoms with van der Waals surface area (Å²) in [5, 5.41) is 2.98. The third-order valence-electron chi connectivity index (χ3n) is 4.83. The van der Waals surface area contributed by atoms with Gasteiger partial charge in [-0.3, -0.25) is 4.79 Å². The van der Waals surface area contributed by atoms with Gasteiger partial charge in [-0.05, 0) is 63.8 Å². The maximum absolute atomic E-state index is 12.8. The molecular weight excluding hydrogens is 340 g/mol. The lowest BCUT2D eigenvalue weighted by Gasteiger charge is -2.34. The number of nitrogens with zero attached hydrogens (tertiary/aromatic N) is 1. The van der Waals surface area contributed by atoms with E-state index in [4.69, 9.17) is 4.74 Å². The van der Waals surface area contributed by atoms with E-state index in [1.54, 1.807) is 12.1 Å². The lowest BCUT2D eigenvalue weighted by molar-refractivity contribution is -0.0440. The Morgan fingerprint density at radius 3 is 2.24 bits per heavy atom. The van der Waals surface area contributed by atoms with Crippen LogP contribution in [0.15, 0.2) is 29.2 Å². The molecule has 3 atom stereocenters. The molecule has 1 aliphatic carbocycles. The van der Waals surface area contributed by atoms with E-state index in [1.807, 2.05) is 20.8 Å². The fraction of sp³-hybridized carbons (Fsp3) is 0.611. The Kier molecular flexibility index (Phi) is 5.18. The fourth-order valence-electron chi connectivity index (χ4n) is 3.26. The van der Waals surface area contributed by atoms with Crippen molar-refractivity contribution in [2.45, 2.75) is 56.8 Å². The second kappa shape index (κ2) is 7.05. The van der Waals surface area contributed by atoms with E-state index in [1.165, 1.54) is 16.4 Å². The molecule has 1 aliphatic heterocycles. The van der Waals surface area contributed by atoms with Gasteiger partial charge < -0.3 is 10.1 Å². The highest BCUT2D eigenvalue weighted by molar-refractivity contribution is 7.89. The van der Waals surface area contributed by atoms with Crippen LogP contribution < -0.4 is 5.32 Å². The Balaban J connectivity index is 1.71. The number of sulfonamides is 1. The molecule has 1 heterocycles. The van der Waals surface area contributed by atoms with Crippen molar-refractivity contribution in [2.75, 3.05) is 13.1 Å². The Labute approximate surface area is 149 Å². The summed E-state index contributed by atoms with van der Waals surface area (Å²) >= 11 is 0. The molecule has 0 aromatic heterocycles. The maximum Gasteiger partial charge on any atom is 0.251 e. The normalized spacial score (nSPS) is 26.2. The van der Waals surface area contributed by atoms with E-state index in [9.17, 15) is 13.2 Å². The molecule has 0 bridgehead atoms. The summed E-state index contributed by atoms with van der Waals surface area (Å²) in [5.74, 6) is 0.422. The molecule has 6 nitrogen and oxygen atoms in total. The third kappa shape index (κ3) is 4.22. The van der Waals surface area contributed by atoms with Crippen molar-refractivity contribution in [3.63, 3.8) is 0 Å². The highest BCUT2D eigenvalue weighted by atomic mass is 32.2. The fourth-order valence-corrected chi connectivity index (χ4v) is 4.85. The van der Waals surface area contributed by atoms with Crippen LogP contribution in [0.1, 0.15) is 44.0 Å². The van der Waals surface area contributed by atoms with Crippen molar-refractivity contribution < 1.29 is 17.9 Å². The van der Waals surface area contributed by atoms with Gasteiger partial charge in [0.05, 0.1) is 17.1 Å². The molecule has 1 N–H and O–H groups in total. The Morgan fingerprint density at radius 1 is 1.16 bits per heavy atom. The minimum absolute atomic E-state index is 0.132. The molecule has 1 amide bonds. The van der Waals surface area contributed by atoms with Crippen LogP contribution in [-0.4, -0.2) is 50.0 Å². The number of hydrogen-bond acceptors (Lipinski definition) is 4. The topological polar surface area (TPSA) is 75.7 Å². The number of nitrogens with one attached hydrogen (secondary N) is 1. The number of morpholine rings is 1. The third-order valence-corrected chi connectivity index (χ3v) is 6.67. The lowest BCUT2D eigenvalue weighted by atomic mass is 10.1. The number of ether oxygens (including phenoxy) is 1. The number of amides is 1. The Morgan fingerprint density at radius 2 is 1.72 bits per heavy atom. The summed E-state index contributed by atoms with van der Waals surface area (Å²) in [5.41, 5.74) is 0.482. The number of hydrogen-bond donors (Lipinski definition) is 1. The van der Waals surface area contributed by atoms with Gasteiger partial charge in [-0.25, -0.2) is 8.42 Å². The monoisotopic (exact) mass is 366 g/mol. The Bertz CT molecular complexity index is 718. The molecule has 1 aromatic carbocycles. The molecule has 7 heteroatoms. The largest absolute Gasteiger partial charge is 0.373 e. The van der Waals surface area contributed by atoms with Gasteiger partial charge >= 0.3 is 0 Å². The highest BCUT2D eigenvalue weighted by Crippen LogP contribution is 2.32. The van der Waals surface area contributed by atoms with Crippen LogP contribution in [0, 0.1) is 5.92 Å². The molecule has 1 aromatic rings. The van der Waals surface area contributed by atoms with Gasteiger partial charge in [0, 0.05) is 24.7 Å². The summed E-state index contributed by atoms with van der Waals surface area (Å²) in [4.78, 5) is 12.5. The number of benzene rings is 1. The SMILES string of the molecule is C[C@@H]1CN(S(=O)(=O)c2ccc(C(=O)N[C@@H](C)C3CC3)cc2)C[C@@H](C)O1.